The molecule has 1 amide bonds. The summed E-state index contributed by atoms with van der Waals surface area (Å²) in [5.41, 5.74) is 1.06. The molecule has 0 fully saturated rings. The maximum absolute atomic E-state index is 13.6. The van der Waals surface area contributed by atoms with Crippen molar-refractivity contribution in [1.82, 2.24) is 14.5 Å². The first-order chi connectivity index (χ1) is 14.6. The SMILES string of the molecule is COCCn1cc(C(=O)NCCn2ccc3ccc(F)cc32)c2ccccc2c1=O. The van der Waals surface area contributed by atoms with Gasteiger partial charge in [0.25, 0.3) is 11.5 Å². The van der Waals surface area contributed by atoms with Crippen molar-refractivity contribution < 1.29 is 13.9 Å². The third kappa shape index (κ3) is 3.84. The summed E-state index contributed by atoms with van der Waals surface area (Å²) in [7, 11) is 1.57. The molecule has 0 unspecified atom stereocenters. The first-order valence-corrected chi connectivity index (χ1v) is 9.72. The van der Waals surface area contributed by atoms with E-state index in [-0.39, 0.29) is 17.3 Å². The number of halogens is 1. The Kier molecular flexibility index (Phi) is 5.63. The fourth-order valence-corrected chi connectivity index (χ4v) is 3.62. The highest BCUT2D eigenvalue weighted by atomic mass is 19.1. The lowest BCUT2D eigenvalue weighted by Gasteiger charge is -2.13. The van der Waals surface area contributed by atoms with Crippen LogP contribution in [0.1, 0.15) is 10.4 Å². The van der Waals surface area contributed by atoms with Crippen molar-refractivity contribution in [2.45, 2.75) is 13.1 Å². The van der Waals surface area contributed by atoms with Gasteiger partial charge < -0.3 is 19.2 Å². The molecule has 2 aromatic heterocycles. The van der Waals surface area contributed by atoms with Gasteiger partial charge in [0.15, 0.2) is 0 Å². The van der Waals surface area contributed by atoms with Crippen molar-refractivity contribution in [2.24, 2.45) is 0 Å². The van der Waals surface area contributed by atoms with E-state index >= 15 is 0 Å². The zero-order valence-corrected chi connectivity index (χ0v) is 16.6. The van der Waals surface area contributed by atoms with Crippen LogP contribution in [0.15, 0.2) is 65.7 Å². The monoisotopic (exact) mass is 407 g/mol. The normalized spacial score (nSPS) is 11.3. The molecule has 4 aromatic rings. The molecular formula is C23H22FN3O3. The molecule has 4 rings (SSSR count). The van der Waals surface area contributed by atoms with Crippen LogP contribution < -0.4 is 10.9 Å². The molecule has 0 atom stereocenters. The van der Waals surface area contributed by atoms with Gasteiger partial charge in [-0.3, -0.25) is 9.59 Å². The molecule has 0 saturated carbocycles. The number of aromatic nitrogens is 2. The fraction of sp³-hybridized carbons (Fsp3) is 0.217. The minimum atomic E-state index is -0.295. The van der Waals surface area contributed by atoms with Crippen molar-refractivity contribution in [2.75, 3.05) is 20.3 Å². The molecule has 0 aliphatic heterocycles. The van der Waals surface area contributed by atoms with Gasteiger partial charge in [0, 0.05) is 49.9 Å². The van der Waals surface area contributed by atoms with Gasteiger partial charge in [-0.15, -0.1) is 0 Å². The minimum absolute atomic E-state index is 0.153. The Morgan fingerprint density at radius 2 is 1.87 bits per heavy atom. The van der Waals surface area contributed by atoms with Gasteiger partial charge in [-0.25, -0.2) is 4.39 Å². The second kappa shape index (κ2) is 8.51. The molecule has 0 bridgehead atoms. The topological polar surface area (TPSA) is 65.3 Å². The van der Waals surface area contributed by atoms with Crippen LogP contribution in [-0.4, -0.2) is 35.3 Å². The van der Waals surface area contributed by atoms with E-state index in [1.54, 1.807) is 43.6 Å². The highest BCUT2D eigenvalue weighted by Gasteiger charge is 2.14. The van der Waals surface area contributed by atoms with E-state index in [2.05, 4.69) is 5.32 Å². The Morgan fingerprint density at radius 1 is 1.07 bits per heavy atom. The quantitative estimate of drug-likeness (QED) is 0.512. The Labute approximate surface area is 172 Å². The number of nitrogens with zero attached hydrogens (tertiary/aromatic N) is 2. The number of carbonyl (C=O) groups is 1. The van der Waals surface area contributed by atoms with Gasteiger partial charge in [-0.1, -0.05) is 18.2 Å². The smallest absolute Gasteiger partial charge is 0.258 e. The number of ether oxygens (including phenoxy) is 1. The Hall–Kier alpha value is -3.45. The lowest BCUT2D eigenvalue weighted by molar-refractivity contribution is 0.0953. The number of rotatable bonds is 7. The summed E-state index contributed by atoms with van der Waals surface area (Å²) < 4.78 is 22.0. The van der Waals surface area contributed by atoms with Crippen LogP contribution in [0.3, 0.4) is 0 Å². The minimum Gasteiger partial charge on any atom is -0.383 e. The van der Waals surface area contributed by atoms with E-state index in [1.165, 1.54) is 16.7 Å². The van der Waals surface area contributed by atoms with Crippen LogP contribution in [-0.2, 0) is 17.8 Å². The van der Waals surface area contributed by atoms with Crippen molar-refractivity contribution in [3.05, 3.63) is 82.7 Å². The van der Waals surface area contributed by atoms with E-state index in [0.29, 0.717) is 42.6 Å². The number of pyridine rings is 1. The standard InChI is InChI=1S/C23H22FN3O3/c1-30-13-12-27-15-20(18-4-2-3-5-19(18)23(27)29)22(28)25-9-11-26-10-8-16-6-7-17(24)14-21(16)26/h2-8,10,14-15H,9,11-13H2,1H3,(H,25,28). The molecule has 2 heterocycles. The first kappa shape index (κ1) is 19.8. The summed E-state index contributed by atoms with van der Waals surface area (Å²) in [6.45, 7) is 1.60. The highest BCUT2D eigenvalue weighted by molar-refractivity contribution is 6.06. The molecule has 0 aliphatic carbocycles. The van der Waals surface area contributed by atoms with E-state index in [4.69, 9.17) is 4.74 Å². The molecule has 7 heteroatoms. The van der Waals surface area contributed by atoms with Crippen molar-refractivity contribution in [1.29, 1.82) is 0 Å². The predicted octanol–water partition coefficient (Wildman–Crippen LogP) is 3.17. The number of amides is 1. The summed E-state index contributed by atoms with van der Waals surface area (Å²) in [4.78, 5) is 25.6. The predicted molar refractivity (Wildman–Crippen MR) is 114 cm³/mol. The average molecular weight is 407 g/mol. The summed E-state index contributed by atoms with van der Waals surface area (Å²) >= 11 is 0. The highest BCUT2D eigenvalue weighted by Crippen LogP contribution is 2.17. The van der Waals surface area contributed by atoms with Crippen LogP contribution in [0.25, 0.3) is 21.7 Å². The number of nitrogens with one attached hydrogen (secondary N) is 1. The Balaban J connectivity index is 1.56. The third-order valence-corrected chi connectivity index (χ3v) is 5.15. The van der Waals surface area contributed by atoms with E-state index < -0.39 is 0 Å². The van der Waals surface area contributed by atoms with Crippen molar-refractivity contribution in [3.63, 3.8) is 0 Å². The molecule has 2 aromatic carbocycles. The fourth-order valence-electron chi connectivity index (χ4n) is 3.62. The van der Waals surface area contributed by atoms with E-state index in [0.717, 1.165) is 10.9 Å². The van der Waals surface area contributed by atoms with Crippen LogP contribution in [0.2, 0.25) is 0 Å². The molecule has 30 heavy (non-hydrogen) atoms. The number of fused-ring (bicyclic) bond motifs is 2. The van der Waals surface area contributed by atoms with Crippen molar-refractivity contribution in [3.8, 4) is 0 Å². The molecule has 1 N–H and O–H groups in total. The Bertz CT molecular complexity index is 1280. The molecule has 154 valence electrons. The van der Waals surface area contributed by atoms with E-state index in [9.17, 15) is 14.0 Å². The molecule has 0 radical (unpaired) electrons. The van der Waals surface area contributed by atoms with Gasteiger partial charge in [0.1, 0.15) is 5.82 Å². The molecule has 0 saturated heterocycles. The zero-order chi connectivity index (χ0) is 21.1. The summed E-state index contributed by atoms with van der Waals surface area (Å²) in [6.07, 6.45) is 3.45. The summed E-state index contributed by atoms with van der Waals surface area (Å²) in [5.74, 6) is -0.559. The number of methoxy groups -OCH3 is 1. The zero-order valence-electron chi connectivity index (χ0n) is 16.6. The maximum Gasteiger partial charge on any atom is 0.258 e. The van der Waals surface area contributed by atoms with Gasteiger partial charge in [-0.05, 0) is 35.7 Å². The van der Waals surface area contributed by atoms with Crippen LogP contribution in [0.4, 0.5) is 4.39 Å². The van der Waals surface area contributed by atoms with Gasteiger partial charge in [0.05, 0.1) is 17.7 Å². The van der Waals surface area contributed by atoms with Gasteiger partial charge >= 0.3 is 0 Å². The Morgan fingerprint density at radius 3 is 2.67 bits per heavy atom. The molecular weight excluding hydrogens is 385 g/mol. The second-order valence-electron chi connectivity index (χ2n) is 7.05. The van der Waals surface area contributed by atoms with Gasteiger partial charge in [-0.2, -0.15) is 0 Å². The molecule has 0 aliphatic rings. The second-order valence-corrected chi connectivity index (χ2v) is 7.05. The summed E-state index contributed by atoms with van der Waals surface area (Å²) in [5, 5.41) is 4.96. The van der Waals surface area contributed by atoms with Crippen LogP contribution in [0.5, 0.6) is 0 Å². The van der Waals surface area contributed by atoms with Gasteiger partial charge in [0.2, 0.25) is 0 Å². The lowest BCUT2D eigenvalue weighted by atomic mass is 10.1. The summed E-state index contributed by atoms with van der Waals surface area (Å²) in [6, 6.07) is 13.6. The number of carbonyl (C=O) groups excluding carboxylic acids is 1. The van der Waals surface area contributed by atoms with Crippen molar-refractivity contribution >= 4 is 27.6 Å². The maximum atomic E-state index is 13.6. The van der Waals surface area contributed by atoms with Crippen LogP contribution in [0, 0.1) is 5.82 Å². The molecule has 6 nitrogen and oxygen atoms in total. The van der Waals surface area contributed by atoms with Crippen LogP contribution >= 0.6 is 0 Å². The number of hydrogen-bond donors (Lipinski definition) is 1. The first-order valence-electron chi connectivity index (χ1n) is 9.72. The number of benzene rings is 2. The lowest BCUT2D eigenvalue weighted by Crippen LogP contribution is -2.30. The average Bonchev–Trinajstić information content (AvgIpc) is 3.15. The third-order valence-electron chi connectivity index (χ3n) is 5.15. The largest absolute Gasteiger partial charge is 0.383 e. The number of hydrogen-bond acceptors (Lipinski definition) is 3. The molecule has 0 spiro atoms. The van der Waals surface area contributed by atoms with E-state index in [1.807, 2.05) is 16.8 Å².